The maximum absolute atomic E-state index is 13.5. The molecule has 30 heavy (non-hydrogen) atoms. The topological polar surface area (TPSA) is 52.0 Å². The zero-order valence-corrected chi connectivity index (χ0v) is 18.5. The Hall–Kier alpha value is -2.46. The lowest BCUT2D eigenvalue weighted by molar-refractivity contribution is -0.124. The second-order valence-corrected chi connectivity index (χ2v) is 9.45. The van der Waals surface area contributed by atoms with E-state index in [4.69, 9.17) is 11.6 Å². The third kappa shape index (κ3) is 3.81. The molecular formula is C25H27ClN2O2. The van der Waals surface area contributed by atoms with E-state index in [0.29, 0.717) is 18.0 Å². The fourth-order valence-electron chi connectivity index (χ4n) is 4.04. The van der Waals surface area contributed by atoms with Crippen LogP contribution < -0.4 is 0 Å². The number of nitrogens with zero attached hydrogens (tertiary/aromatic N) is 2. The summed E-state index contributed by atoms with van der Waals surface area (Å²) in [5.74, 6) is 0.392. The molecule has 1 fully saturated rings. The summed E-state index contributed by atoms with van der Waals surface area (Å²) in [6, 6.07) is 11.6. The number of hydrogen-bond donors (Lipinski definition) is 0. The molecule has 1 saturated carbocycles. The molecule has 156 valence electrons. The number of carbonyl (C=O) groups excluding carboxylic acids is 2. The van der Waals surface area contributed by atoms with Crippen LogP contribution in [0, 0.1) is 11.3 Å². The van der Waals surface area contributed by atoms with Gasteiger partial charge >= 0.3 is 0 Å². The van der Waals surface area contributed by atoms with Crippen molar-refractivity contribution in [1.29, 1.82) is 0 Å². The maximum atomic E-state index is 13.5. The molecule has 1 aliphatic carbocycles. The zero-order chi connectivity index (χ0) is 21.5. The first-order valence-electron chi connectivity index (χ1n) is 10.5. The summed E-state index contributed by atoms with van der Waals surface area (Å²) in [5, 5.41) is 1.57. The van der Waals surface area contributed by atoms with Crippen LogP contribution in [0.4, 0.5) is 0 Å². The van der Waals surface area contributed by atoms with E-state index >= 15 is 0 Å². The Balaban J connectivity index is 1.91. The average molecular weight is 423 g/mol. The highest BCUT2D eigenvalue weighted by atomic mass is 35.5. The predicted molar refractivity (Wildman–Crippen MR) is 120 cm³/mol. The van der Waals surface area contributed by atoms with E-state index in [0.717, 1.165) is 47.1 Å². The predicted octanol–water partition coefficient (Wildman–Crippen LogP) is 5.88. The van der Waals surface area contributed by atoms with Crippen LogP contribution in [0.15, 0.2) is 42.6 Å². The van der Waals surface area contributed by atoms with Gasteiger partial charge in [0.05, 0.1) is 0 Å². The number of Topliss-reactive ketones (excluding diaryl/α,β-unsaturated/α-hetero) is 2. The highest BCUT2D eigenvalue weighted by Crippen LogP contribution is 2.37. The van der Waals surface area contributed by atoms with E-state index < -0.39 is 5.41 Å². The summed E-state index contributed by atoms with van der Waals surface area (Å²) in [6.45, 7) is 6.10. The van der Waals surface area contributed by atoms with Gasteiger partial charge in [0.2, 0.25) is 0 Å². The van der Waals surface area contributed by atoms with Crippen LogP contribution in [0.1, 0.15) is 61.6 Å². The molecule has 0 bridgehead atoms. The van der Waals surface area contributed by atoms with Crippen molar-refractivity contribution in [2.24, 2.45) is 11.3 Å². The molecule has 2 aromatic heterocycles. The Bertz CT molecular complexity index is 1110. The molecule has 0 saturated heterocycles. The molecule has 0 N–H and O–H groups in total. The Morgan fingerprint density at radius 2 is 1.87 bits per heavy atom. The summed E-state index contributed by atoms with van der Waals surface area (Å²) in [7, 11) is 0. The molecule has 1 aliphatic rings. The van der Waals surface area contributed by atoms with Crippen LogP contribution in [0.25, 0.3) is 11.0 Å². The van der Waals surface area contributed by atoms with Crippen molar-refractivity contribution in [2.75, 3.05) is 0 Å². The van der Waals surface area contributed by atoms with E-state index in [2.05, 4.69) is 9.55 Å². The Kier molecular flexibility index (Phi) is 5.54. The van der Waals surface area contributed by atoms with Crippen molar-refractivity contribution < 1.29 is 9.59 Å². The molecule has 2 heterocycles. The first-order valence-corrected chi connectivity index (χ1v) is 10.9. The third-order valence-electron chi connectivity index (χ3n) is 6.46. The molecule has 0 aliphatic heterocycles. The first-order chi connectivity index (χ1) is 14.3. The van der Waals surface area contributed by atoms with Gasteiger partial charge in [0.25, 0.3) is 0 Å². The zero-order valence-electron chi connectivity index (χ0n) is 17.7. The maximum Gasteiger partial charge on any atom is 0.168 e. The fraction of sp³-hybridized carbons (Fsp3) is 0.400. The second-order valence-electron chi connectivity index (χ2n) is 9.02. The van der Waals surface area contributed by atoms with Gasteiger partial charge in [-0.05, 0) is 49.6 Å². The number of pyridine rings is 1. The van der Waals surface area contributed by atoms with Crippen LogP contribution in [0.3, 0.4) is 0 Å². The van der Waals surface area contributed by atoms with Gasteiger partial charge < -0.3 is 4.57 Å². The molecule has 0 spiro atoms. The minimum absolute atomic E-state index is 0.0824. The molecule has 4 nitrogen and oxygen atoms in total. The Morgan fingerprint density at radius 1 is 1.17 bits per heavy atom. The van der Waals surface area contributed by atoms with E-state index in [1.807, 2.05) is 50.2 Å². The average Bonchev–Trinajstić information content (AvgIpc) is 2.95. The third-order valence-corrected chi connectivity index (χ3v) is 6.72. The highest BCUT2D eigenvalue weighted by molar-refractivity contribution is 6.30. The van der Waals surface area contributed by atoms with Gasteiger partial charge in [0.15, 0.2) is 5.78 Å². The fourth-order valence-corrected chi connectivity index (χ4v) is 4.17. The van der Waals surface area contributed by atoms with Gasteiger partial charge in [-0.25, -0.2) is 4.98 Å². The van der Waals surface area contributed by atoms with E-state index in [9.17, 15) is 9.59 Å². The monoisotopic (exact) mass is 422 g/mol. The van der Waals surface area contributed by atoms with Crippen LogP contribution in [-0.2, 0) is 17.8 Å². The molecule has 1 aromatic carbocycles. The SMILES string of the molecule is CC(=O)C(C)(C)Cc1c(C(=O)C2CCC2)c2cccnc2n1Cc1ccc(Cl)cc1. The number of aromatic nitrogens is 2. The molecule has 0 atom stereocenters. The lowest BCUT2D eigenvalue weighted by Crippen LogP contribution is -2.28. The van der Waals surface area contributed by atoms with Crippen LogP contribution in [0.5, 0.6) is 0 Å². The molecule has 0 unspecified atom stereocenters. The van der Waals surface area contributed by atoms with E-state index in [1.54, 1.807) is 13.1 Å². The number of fused-ring (bicyclic) bond motifs is 1. The van der Waals surface area contributed by atoms with Crippen molar-refractivity contribution in [3.05, 3.63) is 64.4 Å². The van der Waals surface area contributed by atoms with E-state index in [-0.39, 0.29) is 17.5 Å². The van der Waals surface area contributed by atoms with Gasteiger partial charge in [0, 0.05) is 52.2 Å². The summed E-state index contributed by atoms with van der Waals surface area (Å²) in [6.07, 6.45) is 5.25. The molecular weight excluding hydrogens is 396 g/mol. The molecule has 3 aromatic rings. The normalized spacial score (nSPS) is 14.7. The first kappa shape index (κ1) is 20.8. The lowest BCUT2D eigenvalue weighted by atomic mass is 9.77. The number of ketones is 2. The second kappa shape index (κ2) is 7.99. The van der Waals surface area contributed by atoms with Crippen molar-refractivity contribution in [3.63, 3.8) is 0 Å². The van der Waals surface area contributed by atoms with Crippen molar-refractivity contribution >= 4 is 34.2 Å². The quantitative estimate of drug-likeness (QED) is 0.447. The minimum Gasteiger partial charge on any atom is -0.324 e. The summed E-state index contributed by atoms with van der Waals surface area (Å²) >= 11 is 6.06. The number of halogens is 1. The number of hydrogen-bond acceptors (Lipinski definition) is 3. The van der Waals surface area contributed by atoms with Crippen LogP contribution in [0.2, 0.25) is 5.02 Å². The van der Waals surface area contributed by atoms with Crippen LogP contribution >= 0.6 is 11.6 Å². The number of rotatable bonds is 7. The van der Waals surface area contributed by atoms with Gasteiger partial charge in [0.1, 0.15) is 11.4 Å². The largest absolute Gasteiger partial charge is 0.324 e. The molecule has 0 amide bonds. The molecule has 5 heteroatoms. The van der Waals surface area contributed by atoms with Gasteiger partial charge in [-0.1, -0.05) is 44.0 Å². The Morgan fingerprint density at radius 3 is 2.47 bits per heavy atom. The van der Waals surface area contributed by atoms with Gasteiger partial charge in [-0.2, -0.15) is 0 Å². The lowest BCUT2D eigenvalue weighted by Gasteiger charge is -2.26. The summed E-state index contributed by atoms with van der Waals surface area (Å²) in [4.78, 5) is 30.5. The van der Waals surface area contributed by atoms with Crippen molar-refractivity contribution in [3.8, 4) is 0 Å². The van der Waals surface area contributed by atoms with Crippen molar-refractivity contribution in [2.45, 2.75) is 53.0 Å². The number of carbonyl (C=O) groups is 2. The van der Waals surface area contributed by atoms with Crippen molar-refractivity contribution in [1.82, 2.24) is 9.55 Å². The summed E-state index contributed by atoms with van der Waals surface area (Å²) in [5.41, 5.74) is 2.97. The molecule has 0 radical (unpaired) electrons. The highest BCUT2D eigenvalue weighted by Gasteiger charge is 2.35. The van der Waals surface area contributed by atoms with Gasteiger partial charge in [-0.3, -0.25) is 9.59 Å². The summed E-state index contributed by atoms with van der Waals surface area (Å²) < 4.78 is 2.12. The number of benzene rings is 1. The standard InChI is InChI=1S/C25H27ClN2O2/c1-16(29)25(2,3)14-21-22(23(30)18-6-4-7-18)20-8-5-13-27-24(20)28(21)15-17-9-11-19(26)12-10-17/h5,8-13,18H,4,6-7,14-15H2,1-3H3. The van der Waals surface area contributed by atoms with E-state index in [1.165, 1.54) is 0 Å². The smallest absolute Gasteiger partial charge is 0.168 e. The minimum atomic E-state index is -0.569. The Labute approximate surface area is 182 Å². The van der Waals surface area contributed by atoms with Crippen LogP contribution in [-0.4, -0.2) is 21.1 Å². The van der Waals surface area contributed by atoms with Gasteiger partial charge in [-0.15, -0.1) is 0 Å². The molecule has 4 rings (SSSR count).